The number of carbonyl (C=O) groups excluding carboxylic acids is 2. The van der Waals surface area contributed by atoms with E-state index in [1.807, 2.05) is 69.1 Å². The Kier molecular flexibility index (Phi) is 8.32. The molecule has 1 aliphatic rings. The summed E-state index contributed by atoms with van der Waals surface area (Å²) in [6.07, 6.45) is 1.15. The number of likely N-dealkylation sites (N-methyl/N-ethyl adjacent to an activating group) is 1. The number of carbonyl (C=O) groups is 2. The van der Waals surface area contributed by atoms with Crippen LogP contribution in [0, 0.1) is 5.92 Å². The van der Waals surface area contributed by atoms with E-state index in [2.05, 4.69) is 48.5 Å². The monoisotopic (exact) mass is 498 g/mol. The highest BCUT2D eigenvalue weighted by molar-refractivity contribution is 5.81. The molecule has 1 saturated heterocycles. The fourth-order valence-electron chi connectivity index (χ4n) is 5.01. The first-order valence-corrected chi connectivity index (χ1v) is 13.1. The summed E-state index contributed by atoms with van der Waals surface area (Å²) in [7, 11) is 1.87. The van der Waals surface area contributed by atoms with Crippen LogP contribution in [0.15, 0.2) is 84.9 Å². The Hall–Kier alpha value is -3.60. The molecule has 0 aliphatic carbocycles. The van der Waals surface area contributed by atoms with Crippen molar-refractivity contribution in [2.24, 2.45) is 5.92 Å². The molecule has 0 saturated carbocycles. The minimum atomic E-state index is -0.579. The Morgan fingerprint density at radius 1 is 0.919 bits per heavy atom. The van der Waals surface area contributed by atoms with E-state index in [1.54, 1.807) is 4.90 Å². The molecule has 0 bridgehead atoms. The second kappa shape index (κ2) is 11.6. The molecule has 3 aromatic rings. The van der Waals surface area contributed by atoms with Gasteiger partial charge in [-0.15, -0.1) is 0 Å². The zero-order chi connectivity index (χ0) is 26.4. The van der Waals surface area contributed by atoms with Crippen LogP contribution in [0.1, 0.15) is 44.2 Å². The Balaban J connectivity index is 1.57. The molecule has 5 nitrogen and oxygen atoms in total. The molecule has 0 N–H and O–H groups in total. The van der Waals surface area contributed by atoms with Crippen LogP contribution < -0.4 is 0 Å². The van der Waals surface area contributed by atoms with E-state index in [1.165, 1.54) is 5.56 Å². The Bertz CT molecular complexity index is 1190. The summed E-state index contributed by atoms with van der Waals surface area (Å²) in [6.45, 7) is 7.14. The first-order chi connectivity index (χ1) is 17.7. The quantitative estimate of drug-likeness (QED) is 0.395. The van der Waals surface area contributed by atoms with Crippen molar-refractivity contribution in [3.05, 3.63) is 96.1 Å². The number of benzene rings is 3. The number of nitrogens with zero attached hydrogens (tertiary/aromatic N) is 2. The molecule has 0 radical (unpaired) electrons. The van der Waals surface area contributed by atoms with Crippen molar-refractivity contribution in [1.29, 1.82) is 0 Å². The van der Waals surface area contributed by atoms with Gasteiger partial charge in [-0.1, -0.05) is 84.9 Å². The molecule has 1 fully saturated rings. The summed E-state index contributed by atoms with van der Waals surface area (Å²) in [5.41, 5.74) is 4.05. The lowest BCUT2D eigenvalue weighted by Crippen LogP contribution is -2.50. The van der Waals surface area contributed by atoms with E-state index in [0.717, 1.165) is 23.1 Å². The number of ether oxygens (including phenoxy) is 1. The van der Waals surface area contributed by atoms with Crippen molar-refractivity contribution >= 4 is 12.0 Å². The van der Waals surface area contributed by atoms with Gasteiger partial charge in [-0.05, 0) is 61.8 Å². The fourth-order valence-corrected chi connectivity index (χ4v) is 5.01. The summed E-state index contributed by atoms with van der Waals surface area (Å²) in [6, 6.07) is 29.0. The zero-order valence-electron chi connectivity index (χ0n) is 22.4. The molecular formula is C32H38N2O3. The van der Waals surface area contributed by atoms with E-state index in [4.69, 9.17) is 4.74 Å². The van der Waals surface area contributed by atoms with Crippen LogP contribution in [0.3, 0.4) is 0 Å². The lowest BCUT2D eigenvalue weighted by atomic mass is 9.79. The van der Waals surface area contributed by atoms with Gasteiger partial charge in [0, 0.05) is 26.7 Å². The van der Waals surface area contributed by atoms with Crippen molar-refractivity contribution in [2.75, 3.05) is 26.7 Å². The number of amides is 2. The molecule has 5 heteroatoms. The fraction of sp³-hybridized carbons (Fsp3) is 0.375. The van der Waals surface area contributed by atoms with Gasteiger partial charge in [0.25, 0.3) is 0 Å². The molecule has 4 rings (SSSR count). The Morgan fingerprint density at radius 3 is 2.24 bits per heavy atom. The molecule has 0 spiro atoms. The molecule has 2 amide bonds. The lowest BCUT2D eigenvalue weighted by Gasteiger charge is -2.40. The highest BCUT2D eigenvalue weighted by Gasteiger charge is 2.39. The van der Waals surface area contributed by atoms with Crippen molar-refractivity contribution in [1.82, 2.24) is 9.80 Å². The van der Waals surface area contributed by atoms with Crippen LogP contribution in [0.5, 0.6) is 0 Å². The lowest BCUT2D eigenvalue weighted by molar-refractivity contribution is -0.136. The summed E-state index contributed by atoms with van der Waals surface area (Å²) < 4.78 is 5.65. The van der Waals surface area contributed by atoms with Crippen molar-refractivity contribution < 1.29 is 14.3 Å². The normalized spacial score (nSPS) is 17.8. The number of likely N-dealkylation sites (tertiary alicyclic amines) is 1. The topological polar surface area (TPSA) is 49.9 Å². The smallest absolute Gasteiger partial charge is 0.410 e. The average Bonchev–Trinajstić information content (AvgIpc) is 2.91. The summed E-state index contributed by atoms with van der Waals surface area (Å²) >= 11 is 0. The first-order valence-electron chi connectivity index (χ1n) is 13.1. The molecule has 1 heterocycles. The van der Waals surface area contributed by atoms with Crippen LogP contribution in [-0.2, 0) is 16.0 Å². The SMILES string of the molecule is CN(CCc1ccccc1)C(=O)[C@H]1CN(C(=O)OC(C)(C)C)CC[C@@H]1c1cccc(-c2ccccc2)c1. The molecule has 0 aromatic heterocycles. The predicted octanol–water partition coefficient (Wildman–Crippen LogP) is 6.40. The summed E-state index contributed by atoms with van der Waals surface area (Å²) in [5, 5.41) is 0. The second-order valence-corrected chi connectivity index (χ2v) is 10.9. The van der Waals surface area contributed by atoms with Crippen molar-refractivity contribution in [3.8, 4) is 11.1 Å². The van der Waals surface area contributed by atoms with Gasteiger partial charge in [0.05, 0.1) is 5.92 Å². The van der Waals surface area contributed by atoms with E-state index >= 15 is 0 Å². The maximum absolute atomic E-state index is 13.9. The van der Waals surface area contributed by atoms with E-state index in [-0.39, 0.29) is 23.8 Å². The summed E-state index contributed by atoms with van der Waals surface area (Å²) in [4.78, 5) is 30.3. The highest BCUT2D eigenvalue weighted by atomic mass is 16.6. The van der Waals surface area contributed by atoms with Gasteiger partial charge < -0.3 is 14.5 Å². The number of rotatable bonds is 6. The van der Waals surface area contributed by atoms with Gasteiger partial charge in [0.1, 0.15) is 5.60 Å². The molecule has 194 valence electrons. The number of hydrogen-bond acceptors (Lipinski definition) is 3. The maximum atomic E-state index is 13.9. The van der Waals surface area contributed by atoms with Crippen LogP contribution in [0.2, 0.25) is 0 Å². The van der Waals surface area contributed by atoms with Gasteiger partial charge in [-0.3, -0.25) is 4.79 Å². The zero-order valence-corrected chi connectivity index (χ0v) is 22.4. The molecule has 1 aliphatic heterocycles. The predicted molar refractivity (Wildman–Crippen MR) is 148 cm³/mol. The number of hydrogen-bond donors (Lipinski definition) is 0. The van der Waals surface area contributed by atoms with Gasteiger partial charge in [0.15, 0.2) is 0 Å². The average molecular weight is 499 g/mol. The Morgan fingerprint density at radius 2 is 1.57 bits per heavy atom. The van der Waals surface area contributed by atoms with Crippen LogP contribution in [0.25, 0.3) is 11.1 Å². The van der Waals surface area contributed by atoms with E-state index < -0.39 is 5.60 Å². The van der Waals surface area contributed by atoms with E-state index in [9.17, 15) is 9.59 Å². The Labute approximate surface area is 221 Å². The van der Waals surface area contributed by atoms with Crippen LogP contribution in [-0.4, -0.2) is 54.1 Å². The third-order valence-electron chi connectivity index (χ3n) is 6.96. The largest absolute Gasteiger partial charge is 0.444 e. The van der Waals surface area contributed by atoms with E-state index in [0.29, 0.717) is 26.1 Å². The molecule has 0 unspecified atom stereocenters. The second-order valence-electron chi connectivity index (χ2n) is 10.9. The minimum absolute atomic E-state index is 0.0222. The molecular weight excluding hydrogens is 460 g/mol. The molecule has 37 heavy (non-hydrogen) atoms. The van der Waals surface area contributed by atoms with Crippen LogP contribution >= 0.6 is 0 Å². The van der Waals surface area contributed by atoms with Crippen molar-refractivity contribution in [3.63, 3.8) is 0 Å². The summed E-state index contributed by atoms with van der Waals surface area (Å²) in [5.74, 6) is -0.249. The third kappa shape index (κ3) is 7.00. The van der Waals surface area contributed by atoms with Gasteiger partial charge in [-0.25, -0.2) is 4.79 Å². The van der Waals surface area contributed by atoms with Gasteiger partial charge in [-0.2, -0.15) is 0 Å². The van der Waals surface area contributed by atoms with Crippen LogP contribution in [0.4, 0.5) is 4.79 Å². The van der Waals surface area contributed by atoms with Crippen molar-refractivity contribution in [2.45, 2.75) is 45.1 Å². The highest BCUT2D eigenvalue weighted by Crippen LogP contribution is 2.36. The minimum Gasteiger partial charge on any atom is -0.444 e. The molecule has 3 aromatic carbocycles. The maximum Gasteiger partial charge on any atom is 0.410 e. The van der Waals surface area contributed by atoms with Gasteiger partial charge >= 0.3 is 6.09 Å². The first kappa shape index (κ1) is 26.5. The van der Waals surface area contributed by atoms with Gasteiger partial charge in [0.2, 0.25) is 5.91 Å². The third-order valence-corrected chi connectivity index (χ3v) is 6.96. The molecule has 2 atom stereocenters. The number of piperidine rings is 1. The standard InChI is InChI=1S/C32H38N2O3/c1-32(2,3)37-31(36)34-21-19-28(27-17-11-16-26(22-27)25-14-9-6-10-15-25)29(23-34)30(35)33(4)20-18-24-12-7-5-8-13-24/h5-17,22,28-29H,18-21,23H2,1-4H3/t28-,29+/m1/s1.